The van der Waals surface area contributed by atoms with Gasteiger partial charge in [-0.05, 0) is 13.0 Å². The van der Waals surface area contributed by atoms with Gasteiger partial charge in [-0.2, -0.15) is 0 Å². The Hall–Kier alpha value is -1.05. The number of hydrogen-bond acceptors (Lipinski definition) is 5. The van der Waals surface area contributed by atoms with Crippen LogP contribution in [0.25, 0.3) is 0 Å². The molecule has 0 spiro atoms. The van der Waals surface area contributed by atoms with Gasteiger partial charge in [0, 0.05) is 18.8 Å². The third-order valence-electron chi connectivity index (χ3n) is 2.23. The zero-order chi connectivity index (χ0) is 13.6. The van der Waals surface area contributed by atoms with Gasteiger partial charge in [0.2, 0.25) is 10.0 Å². The van der Waals surface area contributed by atoms with E-state index in [0.29, 0.717) is 18.1 Å². The summed E-state index contributed by atoms with van der Waals surface area (Å²) in [7, 11) is -3.26. The second kappa shape index (κ2) is 6.77. The SMILES string of the molecule is Cc1nccc(CNS(=O)(=O)CCNC(C)C)n1. The van der Waals surface area contributed by atoms with Crippen molar-refractivity contribution in [1.29, 1.82) is 0 Å². The van der Waals surface area contributed by atoms with Crippen LogP contribution in [0.2, 0.25) is 0 Å². The lowest BCUT2D eigenvalue weighted by atomic mass is 10.4. The zero-order valence-corrected chi connectivity index (χ0v) is 11.8. The van der Waals surface area contributed by atoms with E-state index in [1.165, 1.54) is 0 Å². The molecule has 1 aromatic rings. The van der Waals surface area contributed by atoms with Crippen LogP contribution in [0.1, 0.15) is 25.4 Å². The lowest BCUT2D eigenvalue weighted by Gasteiger charge is -2.09. The fourth-order valence-electron chi connectivity index (χ4n) is 1.34. The zero-order valence-electron chi connectivity index (χ0n) is 11.0. The smallest absolute Gasteiger partial charge is 0.213 e. The van der Waals surface area contributed by atoms with Gasteiger partial charge in [-0.3, -0.25) is 0 Å². The van der Waals surface area contributed by atoms with Gasteiger partial charge in [0.05, 0.1) is 18.0 Å². The van der Waals surface area contributed by atoms with E-state index < -0.39 is 10.0 Å². The number of hydrogen-bond donors (Lipinski definition) is 2. The lowest BCUT2D eigenvalue weighted by Crippen LogP contribution is -2.34. The molecule has 1 aromatic heterocycles. The molecule has 0 atom stereocenters. The molecule has 0 saturated carbocycles. The van der Waals surface area contributed by atoms with Crippen molar-refractivity contribution in [1.82, 2.24) is 20.0 Å². The molecule has 0 aromatic carbocycles. The molecule has 0 radical (unpaired) electrons. The molecule has 0 aliphatic carbocycles. The van der Waals surface area contributed by atoms with Crippen LogP contribution < -0.4 is 10.0 Å². The average molecular weight is 272 g/mol. The summed E-state index contributed by atoms with van der Waals surface area (Å²) in [6.45, 7) is 6.36. The van der Waals surface area contributed by atoms with Gasteiger partial charge in [0.1, 0.15) is 5.82 Å². The highest BCUT2D eigenvalue weighted by Gasteiger charge is 2.10. The van der Waals surface area contributed by atoms with Crippen LogP contribution in [0, 0.1) is 6.92 Å². The van der Waals surface area contributed by atoms with Crippen molar-refractivity contribution in [2.75, 3.05) is 12.3 Å². The molecule has 6 nitrogen and oxygen atoms in total. The summed E-state index contributed by atoms with van der Waals surface area (Å²) in [5.74, 6) is 0.697. The first kappa shape index (κ1) is 15.0. The molecule has 0 amide bonds. The lowest BCUT2D eigenvalue weighted by molar-refractivity contribution is 0.566. The van der Waals surface area contributed by atoms with E-state index in [2.05, 4.69) is 20.0 Å². The minimum absolute atomic E-state index is 0.0647. The fraction of sp³-hybridized carbons (Fsp3) is 0.636. The molecule has 2 N–H and O–H groups in total. The van der Waals surface area contributed by atoms with Gasteiger partial charge in [0.15, 0.2) is 0 Å². The number of rotatable bonds is 7. The number of aromatic nitrogens is 2. The van der Waals surface area contributed by atoms with Gasteiger partial charge >= 0.3 is 0 Å². The van der Waals surface area contributed by atoms with Crippen LogP contribution in [-0.4, -0.2) is 36.7 Å². The summed E-state index contributed by atoms with van der Waals surface area (Å²) in [5.41, 5.74) is 0.669. The molecular formula is C11H20N4O2S. The second-order valence-electron chi connectivity index (χ2n) is 4.34. The standard InChI is InChI=1S/C11H20N4O2S/c1-9(2)12-6-7-18(16,17)14-8-11-4-5-13-10(3)15-11/h4-5,9,12,14H,6-8H2,1-3H3. The average Bonchev–Trinajstić information content (AvgIpc) is 2.26. The van der Waals surface area contributed by atoms with Crippen molar-refractivity contribution in [3.05, 3.63) is 23.8 Å². The van der Waals surface area contributed by atoms with Gasteiger partial charge < -0.3 is 5.32 Å². The summed E-state index contributed by atoms with van der Waals surface area (Å²) in [6.07, 6.45) is 1.62. The number of sulfonamides is 1. The molecule has 0 aliphatic rings. The summed E-state index contributed by atoms with van der Waals surface area (Å²) >= 11 is 0. The van der Waals surface area contributed by atoms with E-state index in [4.69, 9.17) is 0 Å². The molecule has 0 bridgehead atoms. The van der Waals surface area contributed by atoms with Crippen LogP contribution in [-0.2, 0) is 16.6 Å². The Kier molecular flexibility index (Phi) is 5.64. The Morgan fingerprint density at radius 3 is 2.72 bits per heavy atom. The Morgan fingerprint density at radius 1 is 1.39 bits per heavy atom. The topological polar surface area (TPSA) is 84.0 Å². The van der Waals surface area contributed by atoms with Crippen LogP contribution in [0.3, 0.4) is 0 Å². The fourth-order valence-corrected chi connectivity index (χ4v) is 2.24. The van der Waals surface area contributed by atoms with Crippen LogP contribution >= 0.6 is 0 Å². The third kappa shape index (κ3) is 6.04. The number of nitrogens with zero attached hydrogens (tertiary/aromatic N) is 2. The molecular weight excluding hydrogens is 252 g/mol. The predicted molar refractivity (Wildman–Crippen MR) is 70.5 cm³/mol. The maximum Gasteiger partial charge on any atom is 0.213 e. The first-order valence-corrected chi connectivity index (χ1v) is 7.53. The molecule has 1 heterocycles. The third-order valence-corrected chi connectivity index (χ3v) is 3.56. The molecule has 7 heteroatoms. The Bertz CT molecular complexity index is 474. The van der Waals surface area contributed by atoms with Crippen molar-refractivity contribution < 1.29 is 8.42 Å². The molecule has 102 valence electrons. The van der Waals surface area contributed by atoms with E-state index in [0.717, 1.165) is 0 Å². The largest absolute Gasteiger partial charge is 0.313 e. The highest BCUT2D eigenvalue weighted by Crippen LogP contribution is 1.95. The number of nitrogens with one attached hydrogen (secondary N) is 2. The molecule has 0 saturated heterocycles. The quantitative estimate of drug-likeness (QED) is 0.741. The molecule has 0 fully saturated rings. The van der Waals surface area contributed by atoms with Gasteiger partial charge in [-0.1, -0.05) is 13.8 Å². The molecule has 0 aliphatic heterocycles. The summed E-state index contributed by atoms with van der Waals surface area (Å²) in [4.78, 5) is 8.09. The predicted octanol–water partition coefficient (Wildman–Crippen LogP) is 0.202. The number of aryl methyl sites for hydroxylation is 1. The maximum atomic E-state index is 11.7. The van der Waals surface area contributed by atoms with E-state index >= 15 is 0 Å². The van der Waals surface area contributed by atoms with Crippen LogP contribution in [0.15, 0.2) is 12.3 Å². The normalized spacial score (nSPS) is 12.0. The van der Waals surface area contributed by atoms with Gasteiger partial charge in [-0.15, -0.1) is 0 Å². The highest BCUT2D eigenvalue weighted by atomic mass is 32.2. The van der Waals surface area contributed by atoms with E-state index in [-0.39, 0.29) is 18.3 Å². The first-order chi connectivity index (χ1) is 8.39. The van der Waals surface area contributed by atoms with Gasteiger partial charge in [-0.25, -0.2) is 23.1 Å². The molecule has 18 heavy (non-hydrogen) atoms. The minimum Gasteiger partial charge on any atom is -0.313 e. The second-order valence-corrected chi connectivity index (χ2v) is 6.27. The highest BCUT2D eigenvalue weighted by molar-refractivity contribution is 7.89. The van der Waals surface area contributed by atoms with Crippen LogP contribution in [0.4, 0.5) is 0 Å². The molecule has 0 unspecified atom stereocenters. The Morgan fingerprint density at radius 2 is 2.11 bits per heavy atom. The Balaban J connectivity index is 2.42. The molecule has 1 rings (SSSR count). The van der Waals surface area contributed by atoms with Gasteiger partial charge in [0.25, 0.3) is 0 Å². The summed E-state index contributed by atoms with van der Waals surface area (Å²) in [5, 5.41) is 3.06. The Labute approximate surface area is 108 Å². The van der Waals surface area contributed by atoms with Crippen molar-refractivity contribution in [2.45, 2.75) is 33.4 Å². The summed E-state index contributed by atoms with van der Waals surface area (Å²) < 4.78 is 25.9. The maximum absolute atomic E-state index is 11.7. The minimum atomic E-state index is -3.26. The van der Waals surface area contributed by atoms with Crippen molar-refractivity contribution in [3.8, 4) is 0 Å². The van der Waals surface area contributed by atoms with Crippen molar-refractivity contribution in [2.24, 2.45) is 0 Å². The van der Waals surface area contributed by atoms with E-state index in [1.54, 1.807) is 19.2 Å². The van der Waals surface area contributed by atoms with Crippen molar-refractivity contribution >= 4 is 10.0 Å². The van der Waals surface area contributed by atoms with E-state index in [1.807, 2.05) is 13.8 Å². The monoisotopic (exact) mass is 272 g/mol. The van der Waals surface area contributed by atoms with Crippen molar-refractivity contribution in [3.63, 3.8) is 0 Å². The summed E-state index contributed by atoms with van der Waals surface area (Å²) in [6, 6.07) is 1.98. The van der Waals surface area contributed by atoms with E-state index in [9.17, 15) is 8.42 Å². The first-order valence-electron chi connectivity index (χ1n) is 5.88. The van der Waals surface area contributed by atoms with Crippen LogP contribution in [0.5, 0.6) is 0 Å².